The number of alkyl halides is 1. The van der Waals surface area contributed by atoms with Gasteiger partial charge in [0.25, 0.3) is 11.6 Å². The van der Waals surface area contributed by atoms with Gasteiger partial charge in [0.2, 0.25) is 0 Å². The second kappa shape index (κ2) is 6.83. The molecule has 0 bridgehead atoms. The van der Waals surface area contributed by atoms with E-state index in [0.29, 0.717) is 17.3 Å². The lowest BCUT2D eigenvalue weighted by Crippen LogP contribution is -2.31. The van der Waals surface area contributed by atoms with E-state index >= 15 is 0 Å². The number of halogens is 1. The highest BCUT2D eigenvalue weighted by Gasteiger charge is 2.22. The van der Waals surface area contributed by atoms with E-state index in [9.17, 15) is 14.9 Å². The quantitative estimate of drug-likeness (QED) is 0.519. The first-order valence-corrected chi connectivity index (χ1v) is 7.65. The lowest BCUT2D eigenvalue weighted by molar-refractivity contribution is -0.385. The van der Waals surface area contributed by atoms with Gasteiger partial charge in [0.1, 0.15) is 5.56 Å². The van der Waals surface area contributed by atoms with Gasteiger partial charge in [-0.3, -0.25) is 14.9 Å². The molecule has 1 saturated carbocycles. The minimum atomic E-state index is -0.523. The third-order valence-corrected chi connectivity index (χ3v) is 4.59. The Morgan fingerprint density at radius 1 is 1.30 bits per heavy atom. The predicted octanol–water partition coefficient (Wildman–Crippen LogP) is 3.28. The molecule has 108 valence electrons. The molecule has 0 spiro atoms. The van der Waals surface area contributed by atoms with E-state index in [-0.39, 0.29) is 17.2 Å². The lowest BCUT2D eigenvalue weighted by Gasteiger charge is -2.25. The zero-order valence-electron chi connectivity index (χ0n) is 11.0. The molecule has 0 radical (unpaired) electrons. The Hall–Kier alpha value is -1.43. The largest absolute Gasteiger partial charge is 0.352 e. The molecule has 1 aliphatic rings. The third-order valence-electron chi connectivity index (χ3n) is 3.67. The molecule has 0 heterocycles. The van der Waals surface area contributed by atoms with Crippen LogP contribution in [0, 0.1) is 16.0 Å². The number of nitro groups is 1. The summed E-state index contributed by atoms with van der Waals surface area (Å²) in [4.78, 5) is 23.0. The summed E-state index contributed by atoms with van der Waals surface area (Å²) in [6, 6.07) is 6.04. The van der Waals surface area contributed by atoms with Crippen LogP contribution >= 0.6 is 15.9 Å². The molecule has 0 atom stereocenters. The van der Waals surface area contributed by atoms with Crippen molar-refractivity contribution in [3.05, 3.63) is 39.9 Å². The zero-order chi connectivity index (χ0) is 14.5. The Morgan fingerprint density at radius 3 is 2.60 bits per heavy atom. The SMILES string of the molecule is O=C(NCC1CCC(Br)CC1)c1ccccc1[N+](=O)[O-]. The van der Waals surface area contributed by atoms with E-state index in [1.165, 1.54) is 12.1 Å². The first kappa shape index (κ1) is 15.0. The highest BCUT2D eigenvalue weighted by Crippen LogP contribution is 2.28. The normalized spacial score (nSPS) is 22.2. The number of nitro benzene ring substituents is 1. The number of hydrogen-bond acceptors (Lipinski definition) is 3. The Kier molecular flexibility index (Phi) is 5.11. The van der Waals surface area contributed by atoms with Crippen molar-refractivity contribution in [1.29, 1.82) is 0 Å². The number of rotatable bonds is 4. The molecule has 5 nitrogen and oxygen atoms in total. The highest BCUT2D eigenvalue weighted by molar-refractivity contribution is 9.09. The number of amides is 1. The smallest absolute Gasteiger partial charge is 0.282 e. The van der Waals surface area contributed by atoms with E-state index in [1.807, 2.05) is 0 Å². The second-order valence-electron chi connectivity index (χ2n) is 5.10. The van der Waals surface area contributed by atoms with Gasteiger partial charge in [0.05, 0.1) is 4.92 Å². The summed E-state index contributed by atoms with van der Waals surface area (Å²) in [5, 5.41) is 13.7. The summed E-state index contributed by atoms with van der Waals surface area (Å²) in [6.07, 6.45) is 4.39. The molecule has 1 amide bonds. The number of para-hydroxylation sites is 1. The Morgan fingerprint density at radius 2 is 1.95 bits per heavy atom. The number of carbonyl (C=O) groups excluding carboxylic acids is 1. The van der Waals surface area contributed by atoms with Crippen molar-refractivity contribution in [3.63, 3.8) is 0 Å². The van der Waals surface area contributed by atoms with Crippen LogP contribution < -0.4 is 5.32 Å². The van der Waals surface area contributed by atoms with Crippen molar-refractivity contribution in [1.82, 2.24) is 5.32 Å². The standard InChI is InChI=1S/C14H17BrN2O3/c15-11-7-5-10(6-8-11)9-16-14(18)12-3-1-2-4-13(12)17(19)20/h1-4,10-11H,5-9H2,(H,16,18). The molecule has 1 aromatic rings. The Labute approximate surface area is 126 Å². The van der Waals surface area contributed by atoms with Crippen LogP contribution in [0.3, 0.4) is 0 Å². The molecular formula is C14H17BrN2O3. The minimum Gasteiger partial charge on any atom is -0.352 e. The van der Waals surface area contributed by atoms with Crippen LogP contribution in [0.5, 0.6) is 0 Å². The maximum atomic E-state index is 12.1. The summed E-state index contributed by atoms with van der Waals surface area (Å²) >= 11 is 3.60. The van der Waals surface area contributed by atoms with E-state index in [1.54, 1.807) is 12.1 Å². The number of hydrogen-bond donors (Lipinski definition) is 1. The summed E-state index contributed by atoms with van der Waals surface area (Å²) in [7, 11) is 0. The molecule has 6 heteroatoms. The predicted molar refractivity (Wildman–Crippen MR) is 80.1 cm³/mol. The monoisotopic (exact) mass is 340 g/mol. The van der Waals surface area contributed by atoms with Crippen LogP contribution in [0.25, 0.3) is 0 Å². The van der Waals surface area contributed by atoms with Gasteiger partial charge in [-0.2, -0.15) is 0 Å². The summed E-state index contributed by atoms with van der Waals surface area (Å²) in [5.41, 5.74) is -0.0131. The maximum absolute atomic E-state index is 12.1. The first-order valence-electron chi connectivity index (χ1n) is 6.73. The fourth-order valence-electron chi connectivity index (χ4n) is 2.48. The fraction of sp³-hybridized carbons (Fsp3) is 0.500. The van der Waals surface area contributed by atoms with E-state index < -0.39 is 4.92 Å². The van der Waals surface area contributed by atoms with Gasteiger partial charge < -0.3 is 5.32 Å². The lowest BCUT2D eigenvalue weighted by atomic mass is 9.89. The molecule has 0 unspecified atom stereocenters. The van der Waals surface area contributed by atoms with E-state index in [0.717, 1.165) is 25.7 Å². The van der Waals surface area contributed by atoms with Crippen molar-refractivity contribution >= 4 is 27.5 Å². The first-order chi connectivity index (χ1) is 9.58. The molecule has 0 aliphatic heterocycles. The molecule has 0 aromatic heterocycles. The van der Waals surface area contributed by atoms with Crippen LogP contribution in [0.15, 0.2) is 24.3 Å². The zero-order valence-corrected chi connectivity index (χ0v) is 12.6. The van der Waals surface area contributed by atoms with Gasteiger partial charge >= 0.3 is 0 Å². The van der Waals surface area contributed by atoms with Gasteiger partial charge in [-0.15, -0.1) is 0 Å². The number of carbonyl (C=O) groups is 1. The highest BCUT2D eigenvalue weighted by atomic mass is 79.9. The van der Waals surface area contributed by atoms with Crippen molar-refractivity contribution in [3.8, 4) is 0 Å². The average Bonchev–Trinajstić information content (AvgIpc) is 2.46. The van der Waals surface area contributed by atoms with Crippen molar-refractivity contribution in [2.75, 3.05) is 6.54 Å². The van der Waals surface area contributed by atoms with Gasteiger partial charge in [0.15, 0.2) is 0 Å². The van der Waals surface area contributed by atoms with Crippen LogP contribution in [0.2, 0.25) is 0 Å². The molecule has 1 fully saturated rings. The molecule has 20 heavy (non-hydrogen) atoms. The maximum Gasteiger partial charge on any atom is 0.282 e. The topological polar surface area (TPSA) is 72.2 Å². The third kappa shape index (κ3) is 3.79. The van der Waals surface area contributed by atoms with Gasteiger partial charge in [-0.1, -0.05) is 28.1 Å². The molecule has 1 N–H and O–H groups in total. The van der Waals surface area contributed by atoms with Gasteiger partial charge in [-0.05, 0) is 37.7 Å². The molecule has 1 aliphatic carbocycles. The van der Waals surface area contributed by atoms with Gasteiger partial charge in [0, 0.05) is 17.4 Å². The van der Waals surface area contributed by atoms with Gasteiger partial charge in [-0.25, -0.2) is 0 Å². The molecule has 1 aromatic carbocycles. The number of benzene rings is 1. The number of nitrogens with zero attached hydrogens (tertiary/aromatic N) is 1. The Bertz CT molecular complexity index is 499. The fourth-order valence-corrected chi connectivity index (χ4v) is 3.01. The summed E-state index contributed by atoms with van der Waals surface area (Å²) in [5.74, 6) is 0.105. The van der Waals surface area contributed by atoms with E-state index in [2.05, 4.69) is 21.2 Å². The average molecular weight is 341 g/mol. The molecule has 0 saturated heterocycles. The Balaban J connectivity index is 1.94. The second-order valence-corrected chi connectivity index (χ2v) is 6.40. The van der Waals surface area contributed by atoms with Crippen LogP contribution in [-0.4, -0.2) is 22.2 Å². The van der Waals surface area contributed by atoms with Crippen molar-refractivity contribution < 1.29 is 9.72 Å². The van der Waals surface area contributed by atoms with Crippen molar-refractivity contribution in [2.24, 2.45) is 5.92 Å². The summed E-state index contributed by atoms with van der Waals surface area (Å²) in [6.45, 7) is 0.588. The van der Waals surface area contributed by atoms with Crippen LogP contribution in [0.1, 0.15) is 36.0 Å². The molecular weight excluding hydrogens is 324 g/mol. The minimum absolute atomic E-state index is 0.131. The molecule has 2 rings (SSSR count). The van der Waals surface area contributed by atoms with Crippen molar-refractivity contribution in [2.45, 2.75) is 30.5 Å². The summed E-state index contributed by atoms with van der Waals surface area (Å²) < 4.78 is 0. The van der Waals surface area contributed by atoms with Crippen LogP contribution in [-0.2, 0) is 0 Å². The van der Waals surface area contributed by atoms with Crippen LogP contribution in [0.4, 0.5) is 5.69 Å². The van der Waals surface area contributed by atoms with E-state index in [4.69, 9.17) is 0 Å². The number of nitrogens with one attached hydrogen (secondary N) is 1.